The molecule has 0 radical (unpaired) electrons. The number of hydrogen-bond donors (Lipinski definition) is 2. The minimum Gasteiger partial charge on any atom is -0.341 e. The number of aryl methyl sites for hydroxylation is 1. The summed E-state index contributed by atoms with van der Waals surface area (Å²) in [4.78, 5) is 25.8. The highest BCUT2D eigenvalue weighted by atomic mass is 35.5. The first kappa shape index (κ1) is 22.8. The zero-order valence-electron chi connectivity index (χ0n) is 17.2. The quantitative estimate of drug-likeness (QED) is 0.554. The SMILES string of the molecule is Cc1cccc(CN(C)C(=O)CCCCCNC(=O)NCc2ccc(Cl)cc2)c1. The van der Waals surface area contributed by atoms with Gasteiger partial charge in [-0.25, -0.2) is 4.79 Å². The lowest BCUT2D eigenvalue weighted by molar-refractivity contribution is -0.130. The Balaban J connectivity index is 1.52. The molecule has 2 rings (SSSR count). The third-order valence-corrected chi connectivity index (χ3v) is 4.90. The lowest BCUT2D eigenvalue weighted by atomic mass is 10.1. The summed E-state index contributed by atoms with van der Waals surface area (Å²) in [5, 5.41) is 6.34. The molecule has 0 aliphatic heterocycles. The Morgan fingerprint density at radius 1 is 0.966 bits per heavy atom. The molecule has 0 saturated carbocycles. The normalized spacial score (nSPS) is 10.4. The maximum atomic E-state index is 12.3. The summed E-state index contributed by atoms with van der Waals surface area (Å²) in [6.07, 6.45) is 3.11. The van der Waals surface area contributed by atoms with Gasteiger partial charge in [-0.1, -0.05) is 60.0 Å². The molecule has 2 aromatic rings. The molecule has 156 valence electrons. The second kappa shape index (κ2) is 12.1. The Bertz CT molecular complexity index is 793. The van der Waals surface area contributed by atoms with E-state index in [2.05, 4.69) is 29.7 Å². The van der Waals surface area contributed by atoms with Crippen LogP contribution in [0.1, 0.15) is 42.4 Å². The lowest BCUT2D eigenvalue weighted by Gasteiger charge is -2.17. The number of carbonyl (C=O) groups excluding carboxylic acids is 2. The van der Waals surface area contributed by atoms with Gasteiger partial charge in [-0.15, -0.1) is 0 Å². The maximum Gasteiger partial charge on any atom is 0.315 e. The Morgan fingerprint density at radius 3 is 2.45 bits per heavy atom. The van der Waals surface area contributed by atoms with Crippen molar-refractivity contribution in [2.75, 3.05) is 13.6 Å². The number of halogens is 1. The third kappa shape index (κ3) is 9.01. The monoisotopic (exact) mass is 415 g/mol. The number of benzene rings is 2. The second-order valence-electron chi connectivity index (χ2n) is 7.29. The van der Waals surface area contributed by atoms with Gasteiger partial charge in [-0.05, 0) is 43.0 Å². The van der Waals surface area contributed by atoms with Gasteiger partial charge in [-0.2, -0.15) is 0 Å². The van der Waals surface area contributed by atoms with Crippen LogP contribution in [0.15, 0.2) is 48.5 Å². The molecule has 2 aromatic carbocycles. The number of unbranched alkanes of at least 4 members (excludes halogenated alkanes) is 2. The van der Waals surface area contributed by atoms with E-state index in [0.717, 1.165) is 30.4 Å². The van der Waals surface area contributed by atoms with E-state index in [9.17, 15) is 9.59 Å². The Kier molecular flexibility index (Phi) is 9.51. The minimum absolute atomic E-state index is 0.153. The molecule has 0 fully saturated rings. The van der Waals surface area contributed by atoms with Gasteiger partial charge in [0.15, 0.2) is 0 Å². The predicted octanol–water partition coefficient (Wildman–Crippen LogP) is 4.67. The smallest absolute Gasteiger partial charge is 0.315 e. The van der Waals surface area contributed by atoms with Crippen LogP contribution in [0.5, 0.6) is 0 Å². The largest absolute Gasteiger partial charge is 0.341 e. The van der Waals surface area contributed by atoms with E-state index < -0.39 is 0 Å². The van der Waals surface area contributed by atoms with E-state index in [1.54, 1.807) is 17.0 Å². The number of amides is 3. The van der Waals surface area contributed by atoms with Crippen molar-refractivity contribution in [3.63, 3.8) is 0 Å². The van der Waals surface area contributed by atoms with Crippen molar-refractivity contribution in [2.24, 2.45) is 0 Å². The fourth-order valence-corrected chi connectivity index (χ4v) is 3.12. The van der Waals surface area contributed by atoms with Crippen LogP contribution in [0.25, 0.3) is 0 Å². The van der Waals surface area contributed by atoms with Crippen molar-refractivity contribution in [3.8, 4) is 0 Å². The van der Waals surface area contributed by atoms with Crippen LogP contribution in [-0.4, -0.2) is 30.4 Å². The number of rotatable bonds is 10. The summed E-state index contributed by atoms with van der Waals surface area (Å²) in [6.45, 7) is 3.75. The molecule has 0 bridgehead atoms. The molecule has 0 unspecified atom stereocenters. The number of nitrogens with one attached hydrogen (secondary N) is 2. The molecular weight excluding hydrogens is 386 g/mol. The van der Waals surface area contributed by atoms with Crippen molar-refractivity contribution < 1.29 is 9.59 Å². The Hall–Kier alpha value is -2.53. The van der Waals surface area contributed by atoms with Crippen LogP contribution in [-0.2, 0) is 17.9 Å². The molecule has 0 atom stereocenters. The van der Waals surface area contributed by atoms with E-state index >= 15 is 0 Å². The maximum absolute atomic E-state index is 12.3. The molecule has 0 aromatic heterocycles. The summed E-state index contributed by atoms with van der Waals surface area (Å²) >= 11 is 5.84. The van der Waals surface area contributed by atoms with Gasteiger partial charge in [0.05, 0.1) is 0 Å². The second-order valence-corrected chi connectivity index (χ2v) is 7.72. The van der Waals surface area contributed by atoms with E-state index in [4.69, 9.17) is 11.6 Å². The van der Waals surface area contributed by atoms with E-state index in [1.807, 2.05) is 31.3 Å². The predicted molar refractivity (Wildman–Crippen MR) is 118 cm³/mol. The van der Waals surface area contributed by atoms with Crippen molar-refractivity contribution in [3.05, 3.63) is 70.2 Å². The van der Waals surface area contributed by atoms with E-state index in [1.165, 1.54) is 5.56 Å². The molecule has 5 nitrogen and oxygen atoms in total. The minimum atomic E-state index is -0.186. The molecule has 29 heavy (non-hydrogen) atoms. The number of urea groups is 1. The molecule has 6 heteroatoms. The molecule has 0 aliphatic rings. The fourth-order valence-electron chi connectivity index (χ4n) is 2.99. The first-order valence-corrected chi connectivity index (χ1v) is 10.4. The zero-order chi connectivity index (χ0) is 21.1. The molecule has 2 N–H and O–H groups in total. The van der Waals surface area contributed by atoms with Crippen LogP contribution in [0, 0.1) is 6.92 Å². The van der Waals surface area contributed by atoms with Crippen LogP contribution in [0.3, 0.4) is 0 Å². The topological polar surface area (TPSA) is 61.4 Å². The summed E-state index contributed by atoms with van der Waals surface area (Å²) in [5.74, 6) is 0.153. The Morgan fingerprint density at radius 2 is 1.72 bits per heavy atom. The molecule has 3 amide bonds. The number of nitrogens with zero attached hydrogens (tertiary/aromatic N) is 1. The van der Waals surface area contributed by atoms with Crippen molar-refractivity contribution >= 4 is 23.5 Å². The average Bonchev–Trinajstić information content (AvgIpc) is 2.70. The number of hydrogen-bond acceptors (Lipinski definition) is 2. The molecule has 0 spiro atoms. The van der Waals surface area contributed by atoms with E-state index in [-0.39, 0.29) is 11.9 Å². The average molecular weight is 416 g/mol. The molecule has 0 heterocycles. The van der Waals surface area contributed by atoms with Crippen LogP contribution >= 0.6 is 11.6 Å². The zero-order valence-corrected chi connectivity index (χ0v) is 18.0. The van der Waals surface area contributed by atoms with Crippen LogP contribution in [0.4, 0.5) is 4.79 Å². The van der Waals surface area contributed by atoms with Crippen molar-refractivity contribution in [1.82, 2.24) is 15.5 Å². The summed E-state index contributed by atoms with van der Waals surface area (Å²) in [6, 6.07) is 15.4. The van der Waals surface area contributed by atoms with Gasteiger partial charge >= 0.3 is 6.03 Å². The van der Waals surface area contributed by atoms with Crippen molar-refractivity contribution in [2.45, 2.75) is 45.7 Å². The van der Waals surface area contributed by atoms with Gasteiger partial charge in [0.25, 0.3) is 0 Å². The van der Waals surface area contributed by atoms with Crippen LogP contribution < -0.4 is 10.6 Å². The summed E-state index contributed by atoms with van der Waals surface area (Å²) in [5.41, 5.74) is 3.35. The highest BCUT2D eigenvalue weighted by molar-refractivity contribution is 6.30. The van der Waals surface area contributed by atoms with Gasteiger partial charge in [0.2, 0.25) is 5.91 Å². The Labute approximate surface area is 178 Å². The lowest BCUT2D eigenvalue weighted by Crippen LogP contribution is -2.35. The molecular formula is C23H30ClN3O2. The van der Waals surface area contributed by atoms with E-state index in [0.29, 0.717) is 31.1 Å². The van der Waals surface area contributed by atoms with Gasteiger partial charge in [-0.3, -0.25) is 4.79 Å². The highest BCUT2D eigenvalue weighted by Gasteiger charge is 2.09. The molecule has 0 saturated heterocycles. The van der Waals surface area contributed by atoms with Gasteiger partial charge in [0.1, 0.15) is 0 Å². The highest BCUT2D eigenvalue weighted by Crippen LogP contribution is 2.10. The molecule has 0 aliphatic carbocycles. The van der Waals surface area contributed by atoms with Gasteiger partial charge in [0, 0.05) is 38.1 Å². The first-order chi connectivity index (χ1) is 13.9. The summed E-state index contributed by atoms with van der Waals surface area (Å²) < 4.78 is 0. The number of carbonyl (C=O) groups is 2. The summed E-state index contributed by atoms with van der Waals surface area (Å²) in [7, 11) is 1.84. The third-order valence-electron chi connectivity index (χ3n) is 4.65. The van der Waals surface area contributed by atoms with Gasteiger partial charge < -0.3 is 15.5 Å². The standard InChI is InChI=1S/C23H30ClN3O2/c1-18-7-6-8-20(15-18)17-27(2)22(28)9-4-3-5-14-25-23(29)26-16-19-10-12-21(24)13-11-19/h6-8,10-13,15H,3-5,9,14,16-17H2,1-2H3,(H2,25,26,29). The fraction of sp³-hybridized carbons (Fsp3) is 0.391. The van der Waals surface area contributed by atoms with Crippen molar-refractivity contribution in [1.29, 1.82) is 0 Å². The first-order valence-electron chi connectivity index (χ1n) is 9.99. The van der Waals surface area contributed by atoms with Crippen LogP contribution in [0.2, 0.25) is 5.02 Å².